The van der Waals surface area contributed by atoms with Crippen LogP contribution in [0.1, 0.15) is 23.5 Å². The van der Waals surface area contributed by atoms with Crippen LogP contribution in [0.3, 0.4) is 0 Å². The van der Waals surface area contributed by atoms with Crippen molar-refractivity contribution in [2.45, 2.75) is 30.0 Å². The van der Waals surface area contributed by atoms with E-state index in [1.54, 1.807) is 0 Å². The van der Waals surface area contributed by atoms with Gasteiger partial charge in [0, 0.05) is 17.5 Å². The molecule has 1 aliphatic rings. The minimum Gasteiger partial charge on any atom is -0.392 e. The molecule has 0 spiro atoms. The minimum absolute atomic E-state index is 0.0567. The van der Waals surface area contributed by atoms with Crippen molar-refractivity contribution in [3.8, 4) is 0 Å². The molecule has 0 amide bonds. The second-order valence-corrected chi connectivity index (χ2v) is 6.51. The molecule has 1 aromatic carbocycles. The van der Waals surface area contributed by atoms with Crippen molar-refractivity contribution in [1.29, 1.82) is 0 Å². The van der Waals surface area contributed by atoms with Gasteiger partial charge in [-0.15, -0.1) is 0 Å². The lowest BCUT2D eigenvalue weighted by atomic mass is 10.1. The molecule has 1 fully saturated rings. The smallest absolute Gasteiger partial charge is 0.258 e. The van der Waals surface area contributed by atoms with Gasteiger partial charge in [0.1, 0.15) is 0 Å². The zero-order valence-electron chi connectivity index (χ0n) is 10.7. The van der Waals surface area contributed by atoms with E-state index < -0.39 is 10.0 Å². The number of H-pyrrole nitrogens is 1. The van der Waals surface area contributed by atoms with E-state index >= 15 is 0 Å². The first-order chi connectivity index (χ1) is 9.62. The van der Waals surface area contributed by atoms with Crippen molar-refractivity contribution in [2.24, 2.45) is 0 Å². The van der Waals surface area contributed by atoms with Crippen LogP contribution in [-0.2, 0) is 16.6 Å². The summed E-state index contributed by atoms with van der Waals surface area (Å²) in [6.07, 6.45) is 2.10. The molecule has 1 heterocycles. The summed E-state index contributed by atoms with van der Waals surface area (Å²) in [6, 6.07) is 9.71. The number of nitrogens with zero attached hydrogens (tertiary/aromatic N) is 1. The van der Waals surface area contributed by atoms with Gasteiger partial charge in [0.15, 0.2) is 5.03 Å². The Labute approximate surface area is 116 Å². The number of aromatic amines is 1. The molecular weight excluding hydrogens is 278 g/mol. The molecule has 2 atom stereocenters. The third kappa shape index (κ3) is 2.47. The Balaban J connectivity index is 1.73. The predicted octanol–water partition coefficient (Wildman–Crippen LogP) is 0.736. The zero-order valence-corrected chi connectivity index (χ0v) is 11.5. The quantitative estimate of drug-likeness (QED) is 0.757. The molecule has 3 N–H and O–H groups in total. The fourth-order valence-corrected chi connectivity index (χ4v) is 3.71. The van der Waals surface area contributed by atoms with Gasteiger partial charge in [-0.2, -0.15) is 5.10 Å². The molecule has 2 aromatic rings. The minimum atomic E-state index is -3.67. The van der Waals surface area contributed by atoms with Crippen LogP contribution in [0.25, 0.3) is 0 Å². The second kappa shape index (κ2) is 5.01. The van der Waals surface area contributed by atoms with Crippen molar-refractivity contribution < 1.29 is 13.5 Å². The summed E-state index contributed by atoms with van der Waals surface area (Å²) in [5.74, 6) is 0.214. The van der Waals surface area contributed by atoms with Gasteiger partial charge in [-0.3, -0.25) is 5.10 Å². The molecule has 7 heteroatoms. The number of benzene rings is 1. The van der Waals surface area contributed by atoms with Crippen LogP contribution in [0, 0.1) is 0 Å². The highest BCUT2D eigenvalue weighted by Crippen LogP contribution is 2.41. The molecule has 1 aromatic heterocycles. The lowest BCUT2D eigenvalue weighted by molar-refractivity contribution is 0.278. The number of aromatic nitrogens is 2. The summed E-state index contributed by atoms with van der Waals surface area (Å²) in [4.78, 5) is 0. The third-order valence-corrected chi connectivity index (χ3v) is 4.95. The second-order valence-electron chi connectivity index (χ2n) is 4.86. The van der Waals surface area contributed by atoms with Crippen molar-refractivity contribution in [3.05, 3.63) is 47.7 Å². The molecule has 2 unspecified atom stereocenters. The Hall–Kier alpha value is -1.70. The van der Waals surface area contributed by atoms with Crippen LogP contribution in [0.5, 0.6) is 0 Å². The zero-order chi connectivity index (χ0) is 14.2. The largest absolute Gasteiger partial charge is 0.392 e. The summed E-state index contributed by atoms with van der Waals surface area (Å²) in [5.41, 5.74) is 1.40. The molecule has 0 bridgehead atoms. The van der Waals surface area contributed by atoms with E-state index in [1.165, 1.54) is 6.20 Å². The number of nitrogens with one attached hydrogen (secondary N) is 2. The molecule has 3 rings (SSSR count). The third-order valence-electron chi connectivity index (χ3n) is 3.44. The maximum absolute atomic E-state index is 12.2. The molecule has 1 saturated carbocycles. The SMILES string of the molecule is O=S(=O)(NC1CC1c1ccccc1)c1[nH]ncc1CO. The van der Waals surface area contributed by atoms with Crippen molar-refractivity contribution >= 4 is 10.0 Å². The number of hydrogen-bond donors (Lipinski definition) is 3. The van der Waals surface area contributed by atoms with Gasteiger partial charge in [-0.1, -0.05) is 30.3 Å². The monoisotopic (exact) mass is 293 g/mol. The van der Waals surface area contributed by atoms with Crippen molar-refractivity contribution in [3.63, 3.8) is 0 Å². The van der Waals surface area contributed by atoms with Gasteiger partial charge in [-0.25, -0.2) is 13.1 Å². The Kier molecular flexibility index (Phi) is 3.33. The topological polar surface area (TPSA) is 95.1 Å². The Morgan fingerprint density at radius 1 is 1.35 bits per heavy atom. The van der Waals surface area contributed by atoms with E-state index in [4.69, 9.17) is 5.11 Å². The van der Waals surface area contributed by atoms with Gasteiger partial charge in [0.25, 0.3) is 10.0 Å². The van der Waals surface area contributed by atoms with Crippen molar-refractivity contribution in [1.82, 2.24) is 14.9 Å². The van der Waals surface area contributed by atoms with Crippen LogP contribution in [-0.4, -0.2) is 29.8 Å². The van der Waals surface area contributed by atoms with Crippen LogP contribution >= 0.6 is 0 Å². The fraction of sp³-hybridized carbons (Fsp3) is 0.308. The number of sulfonamides is 1. The van der Waals surface area contributed by atoms with Gasteiger partial charge < -0.3 is 5.11 Å². The average Bonchev–Trinajstić information content (AvgIpc) is 3.02. The number of aliphatic hydroxyl groups is 1. The van der Waals surface area contributed by atoms with Crippen LogP contribution in [0.4, 0.5) is 0 Å². The van der Waals surface area contributed by atoms with Gasteiger partial charge in [0.2, 0.25) is 0 Å². The number of rotatable bonds is 5. The van der Waals surface area contributed by atoms with Gasteiger partial charge >= 0.3 is 0 Å². The van der Waals surface area contributed by atoms with Gasteiger partial charge in [-0.05, 0) is 12.0 Å². The Morgan fingerprint density at radius 2 is 2.10 bits per heavy atom. The molecule has 6 nitrogen and oxygen atoms in total. The highest BCUT2D eigenvalue weighted by atomic mass is 32.2. The summed E-state index contributed by atoms with van der Waals surface area (Å²) in [7, 11) is -3.67. The summed E-state index contributed by atoms with van der Waals surface area (Å²) >= 11 is 0. The fourth-order valence-electron chi connectivity index (χ4n) is 2.30. The molecule has 1 aliphatic carbocycles. The van der Waals surface area contributed by atoms with E-state index in [9.17, 15) is 8.42 Å². The summed E-state index contributed by atoms with van der Waals surface area (Å²) < 4.78 is 27.1. The van der Waals surface area contributed by atoms with E-state index in [-0.39, 0.29) is 29.2 Å². The first-order valence-corrected chi connectivity index (χ1v) is 7.80. The van der Waals surface area contributed by atoms with E-state index in [0.717, 1.165) is 12.0 Å². The maximum atomic E-state index is 12.2. The molecule has 0 radical (unpaired) electrons. The van der Waals surface area contributed by atoms with Gasteiger partial charge in [0.05, 0.1) is 12.8 Å². The molecular formula is C13H15N3O3S. The summed E-state index contributed by atoms with van der Waals surface area (Å²) in [5, 5.41) is 15.1. The van der Waals surface area contributed by atoms with Crippen LogP contribution in [0.2, 0.25) is 0 Å². The average molecular weight is 293 g/mol. The lowest BCUT2D eigenvalue weighted by Crippen LogP contribution is -2.28. The van der Waals surface area contributed by atoms with Crippen LogP contribution in [0.15, 0.2) is 41.6 Å². The Morgan fingerprint density at radius 3 is 2.80 bits per heavy atom. The maximum Gasteiger partial charge on any atom is 0.258 e. The standard InChI is InChI=1S/C13H15N3O3S/c17-8-10-7-14-15-13(10)20(18,19)16-12-6-11(12)9-4-2-1-3-5-9/h1-5,7,11-12,16-17H,6,8H2,(H,14,15). The summed E-state index contributed by atoms with van der Waals surface area (Å²) in [6.45, 7) is -0.362. The first kappa shape index (κ1) is 13.3. The van der Waals surface area contributed by atoms with E-state index in [0.29, 0.717) is 0 Å². The lowest BCUT2D eigenvalue weighted by Gasteiger charge is -2.06. The predicted molar refractivity (Wildman–Crippen MR) is 72.4 cm³/mol. The highest BCUT2D eigenvalue weighted by Gasteiger charge is 2.41. The molecule has 0 saturated heterocycles. The van der Waals surface area contributed by atoms with E-state index in [1.807, 2.05) is 30.3 Å². The molecule has 0 aliphatic heterocycles. The Bertz CT molecular complexity index is 697. The number of aliphatic hydroxyl groups excluding tert-OH is 1. The normalized spacial score (nSPS) is 21.9. The number of hydrogen-bond acceptors (Lipinski definition) is 4. The van der Waals surface area contributed by atoms with Crippen LogP contribution < -0.4 is 4.72 Å². The van der Waals surface area contributed by atoms with E-state index in [2.05, 4.69) is 14.9 Å². The highest BCUT2D eigenvalue weighted by molar-refractivity contribution is 7.89. The first-order valence-electron chi connectivity index (χ1n) is 6.32. The molecule has 106 valence electrons. The molecule has 20 heavy (non-hydrogen) atoms. The van der Waals surface area contributed by atoms with Crippen molar-refractivity contribution in [2.75, 3.05) is 0 Å².